The van der Waals surface area contributed by atoms with E-state index in [1.54, 1.807) is 6.20 Å². The summed E-state index contributed by atoms with van der Waals surface area (Å²) in [6, 6.07) is 3.42. The van der Waals surface area contributed by atoms with Crippen LogP contribution in [0, 0.1) is 12.8 Å². The molecule has 13 nitrogen and oxygen atoms in total. The van der Waals surface area contributed by atoms with Crippen LogP contribution in [0.5, 0.6) is 0 Å². The van der Waals surface area contributed by atoms with Crippen LogP contribution < -0.4 is 16.2 Å². The third kappa shape index (κ3) is 10.1. The number of carbonyl (C=O) groups excluding carboxylic acids is 2. The molecule has 1 saturated heterocycles. The monoisotopic (exact) mass is 557 g/mol. The van der Waals surface area contributed by atoms with Crippen LogP contribution in [0.3, 0.4) is 0 Å². The fourth-order valence-electron chi connectivity index (χ4n) is 3.44. The highest BCUT2D eigenvalue weighted by Gasteiger charge is 2.38. The molecule has 1 unspecified atom stereocenters. The first-order valence-electron chi connectivity index (χ1n) is 11.5. The Morgan fingerprint density at radius 2 is 1.74 bits per heavy atom. The van der Waals surface area contributed by atoms with Crippen molar-refractivity contribution >= 4 is 29.7 Å². The SMILES string of the molecule is Cc1ccc(C(NC(=O)c2cnc(NC(=O)CCC(=O)O)[nH]c2=O)C2CCOCC2)cn1.O=C(O)C(F)(F)F. The lowest BCUT2D eigenvalue weighted by atomic mass is 9.87. The number of carboxylic acids is 2. The zero-order valence-corrected chi connectivity index (χ0v) is 20.6. The zero-order valence-electron chi connectivity index (χ0n) is 20.6. The summed E-state index contributed by atoms with van der Waals surface area (Å²) in [5.41, 5.74) is 0.763. The van der Waals surface area contributed by atoms with Gasteiger partial charge in [-0.25, -0.2) is 9.78 Å². The first-order chi connectivity index (χ1) is 18.3. The van der Waals surface area contributed by atoms with Crippen LogP contribution in [0.1, 0.15) is 53.3 Å². The van der Waals surface area contributed by atoms with E-state index in [1.807, 2.05) is 19.1 Å². The number of pyridine rings is 1. The summed E-state index contributed by atoms with van der Waals surface area (Å²) < 4.78 is 37.2. The van der Waals surface area contributed by atoms with Gasteiger partial charge in [0.05, 0.1) is 12.5 Å². The molecular weight excluding hydrogens is 531 g/mol. The second-order valence-electron chi connectivity index (χ2n) is 8.35. The molecule has 0 aliphatic carbocycles. The number of carbonyl (C=O) groups is 4. The highest BCUT2D eigenvalue weighted by atomic mass is 19.4. The van der Waals surface area contributed by atoms with Crippen molar-refractivity contribution in [3.8, 4) is 0 Å². The molecule has 212 valence electrons. The number of carboxylic acid groups (broad SMARTS) is 2. The molecule has 0 spiro atoms. The average Bonchev–Trinajstić information content (AvgIpc) is 2.87. The smallest absolute Gasteiger partial charge is 0.481 e. The maximum absolute atomic E-state index is 12.9. The number of nitrogens with zero attached hydrogens (tertiary/aromatic N) is 2. The Bertz CT molecular complexity index is 1230. The average molecular weight is 557 g/mol. The normalized spacial score (nSPS) is 14.4. The van der Waals surface area contributed by atoms with Gasteiger partial charge in [0.15, 0.2) is 0 Å². The summed E-state index contributed by atoms with van der Waals surface area (Å²) in [5, 5.41) is 21.0. The second-order valence-corrected chi connectivity index (χ2v) is 8.35. The topological polar surface area (TPSA) is 201 Å². The Labute approximate surface area is 218 Å². The minimum absolute atomic E-state index is 0.122. The Kier molecular flexibility index (Phi) is 11.1. The number of aryl methyl sites for hydroxylation is 1. The van der Waals surface area contributed by atoms with Crippen LogP contribution in [-0.4, -0.2) is 68.3 Å². The molecule has 0 saturated carbocycles. The summed E-state index contributed by atoms with van der Waals surface area (Å²) in [6.07, 6.45) is -1.39. The number of amides is 2. The van der Waals surface area contributed by atoms with Gasteiger partial charge in [-0.1, -0.05) is 6.07 Å². The van der Waals surface area contributed by atoms with Crippen molar-refractivity contribution in [1.82, 2.24) is 20.3 Å². The number of hydrogen-bond acceptors (Lipinski definition) is 8. The van der Waals surface area contributed by atoms with Gasteiger partial charge in [-0.05, 0) is 37.3 Å². The van der Waals surface area contributed by atoms with Crippen LogP contribution in [0.4, 0.5) is 19.1 Å². The Morgan fingerprint density at radius 1 is 1.10 bits per heavy atom. The van der Waals surface area contributed by atoms with Gasteiger partial charge in [0.1, 0.15) is 5.56 Å². The number of rotatable bonds is 8. The molecule has 2 aromatic heterocycles. The molecule has 2 amide bonds. The van der Waals surface area contributed by atoms with E-state index in [2.05, 4.69) is 25.6 Å². The summed E-state index contributed by atoms with van der Waals surface area (Å²) >= 11 is 0. The molecule has 39 heavy (non-hydrogen) atoms. The summed E-state index contributed by atoms with van der Waals surface area (Å²) in [6.45, 7) is 3.06. The van der Waals surface area contributed by atoms with Crippen LogP contribution in [0.25, 0.3) is 0 Å². The quantitative estimate of drug-likeness (QED) is 0.319. The molecule has 0 bridgehead atoms. The first kappa shape index (κ1) is 30.9. The van der Waals surface area contributed by atoms with Gasteiger partial charge in [-0.2, -0.15) is 13.2 Å². The lowest BCUT2D eigenvalue weighted by Crippen LogP contribution is -2.38. The Hall–Kier alpha value is -4.34. The number of hydrogen-bond donors (Lipinski definition) is 5. The second kappa shape index (κ2) is 14.0. The molecule has 0 radical (unpaired) electrons. The maximum Gasteiger partial charge on any atom is 0.490 e. The van der Waals surface area contributed by atoms with Crippen molar-refractivity contribution in [2.75, 3.05) is 18.5 Å². The first-order valence-corrected chi connectivity index (χ1v) is 11.5. The summed E-state index contributed by atoms with van der Waals surface area (Å²) in [4.78, 5) is 67.0. The van der Waals surface area contributed by atoms with E-state index in [9.17, 15) is 32.3 Å². The highest BCUT2D eigenvalue weighted by Crippen LogP contribution is 2.30. The van der Waals surface area contributed by atoms with E-state index in [1.165, 1.54) is 0 Å². The number of aromatic nitrogens is 3. The number of aromatic amines is 1. The molecule has 0 aromatic carbocycles. The van der Waals surface area contributed by atoms with E-state index < -0.39 is 35.5 Å². The van der Waals surface area contributed by atoms with Crippen molar-refractivity contribution in [3.63, 3.8) is 0 Å². The van der Waals surface area contributed by atoms with Crippen LogP contribution in [-0.2, 0) is 19.1 Å². The molecule has 1 aliphatic rings. The highest BCUT2D eigenvalue weighted by molar-refractivity contribution is 5.94. The van der Waals surface area contributed by atoms with Gasteiger partial charge in [0.25, 0.3) is 11.5 Å². The molecule has 16 heteroatoms. The number of H-pyrrole nitrogens is 1. The molecule has 1 atom stereocenters. The molecule has 1 aliphatic heterocycles. The minimum atomic E-state index is -5.08. The van der Waals surface area contributed by atoms with Crippen molar-refractivity contribution in [2.24, 2.45) is 5.92 Å². The van der Waals surface area contributed by atoms with Gasteiger partial charge < -0.3 is 20.3 Å². The van der Waals surface area contributed by atoms with Gasteiger partial charge in [-0.15, -0.1) is 0 Å². The van der Waals surface area contributed by atoms with E-state index in [0.29, 0.717) is 13.2 Å². The fourth-order valence-corrected chi connectivity index (χ4v) is 3.44. The third-order valence-electron chi connectivity index (χ3n) is 5.43. The predicted molar refractivity (Wildman–Crippen MR) is 127 cm³/mol. The molecule has 2 aromatic rings. The van der Waals surface area contributed by atoms with Gasteiger partial charge in [0.2, 0.25) is 11.9 Å². The van der Waals surface area contributed by atoms with E-state index >= 15 is 0 Å². The van der Waals surface area contributed by atoms with E-state index in [0.717, 1.165) is 30.3 Å². The number of aliphatic carboxylic acids is 2. The maximum atomic E-state index is 12.9. The molecule has 1 fully saturated rings. The fraction of sp³-hybridized carbons (Fsp3) is 0.435. The number of ether oxygens (including phenoxy) is 1. The van der Waals surface area contributed by atoms with E-state index in [4.69, 9.17) is 19.7 Å². The van der Waals surface area contributed by atoms with Gasteiger partial charge >= 0.3 is 18.1 Å². The van der Waals surface area contributed by atoms with E-state index in [-0.39, 0.29) is 36.3 Å². The van der Waals surface area contributed by atoms with Crippen LogP contribution >= 0.6 is 0 Å². The van der Waals surface area contributed by atoms with Crippen LogP contribution in [0.15, 0.2) is 29.3 Å². The van der Waals surface area contributed by atoms with Crippen molar-refractivity contribution in [2.45, 2.75) is 44.8 Å². The van der Waals surface area contributed by atoms with Crippen molar-refractivity contribution < 1.29 is 47.3 Å². The standard InChI is InChI=1S/C21H25N5O6.C2HF3O2/c1-12-2-3-14(10-22-12)18(13-6-8-32-9-7-13)25-19(30)15-11-23-21(26-20(15)31)24-16(27)4-5-17(28)29;3-2(4,5)1(6)7/h2-3,10-11,13,18H,4-9H2,1H3,(H,25,30)(H,28,29)(H2,23,24,26,27,31);(H,6,7). The van der Waals surface area contributed by atoms with Crippen molar-refractivity contribution in [3.05, 3.63) is 51.7 Å². The molecule has 3 rings (SSSR count). The van der Waals surface area contributed by atoms with Gasteiger partial charge in [-0.3, -0.25) is 34.5 Å². The predicted octanol–water partition coefficient (Wildman–Crippen LogP) is 1.81. The largest absolute Gasteiger partial charge is 0.490 e. The third-order valence-corrected chi connectivity index (χ3v) is 5.43. The minimum Gasteiger partial charge on any atom is -0.481 e. The lowest BCUT2D eigenvalue weighted by Gasteiger charge is -2.31. The van der Waals surface area contributed by atoms with Gasteiger partial charge in [0, 0.05) is 37.7 Å². The number of halogens is 3. The zero-order chi connectivity index (χ0) is 29.2. The lowest BCUT2D eigenvalue weighted by molar-refractivity contribution is -0.192. The van der Waals surface area contributed by atoms with Crippen LogP contribution in [0.2, 0.25) is 0 Å². The number of nitrogens with one attached hydrogen (secondary N) is 3. The number of anilines is 1. The summed E-state index contributed by atoms with van der Waals surface area (Å²) in [5.74, 6) is -5.12. The Balaban J connectivity index is 0.000000673. The Morgan fingerprint density at radius 3 is 2.26 bits per heavy atom. The van der Waals surface area contributed by atoms with Crippen molar-refractivity contribution in [1.29, 1.82) is 0 Å². The summed E-state index contributed by atoms with van der Waals surface area (Å²) in [7, 11) is 0. The number of alkyl halides is 3. The molecule has 5 N–H and O–H groups in total. The molecular formula is C23H26F3N5O8. The molecule has 3 heterocycles.